The molecule has 0 bridgehead atoms. The van der Waals surface area contributed by atoms with Crippen molar-refractivity contribution in [1.29, 1.82) is 0 Å². The van der Waals surface area contributed by atoms with Crippen LogP contribution in [0, 0.1) is 0 Å². The summed E-state index contributed by atoms with van der Waals surface area (Å²) in [5.74, 6) is 0.440. The Kier molecular flexibility index (Phi) is 3.31. The van der Waals surface area contributed by atoms with Crippen LogP contribution in [0.3, 0.4) is 0 Å². The van der Waals surface area contributed by atoms with Crippen molar-refractivity contribution >= 4 is 10.9 Å². The van der Waals surface area contributed by atoms with E-state index in [-0.39, 0.29) is 5.41 Å². The number of likely N-dealkylation sites (N-methyl/N-ethyl adjacent to an activating group) is 1. The van der Waals surface area contributed by atoms with E-state index >= 15 is 0 Å². The van der Waals surface area contributed by atoms with E-state index in [9.17, 15) is 0 Å². The zero-order valence-corrected chi connectivity index (χ0v) is 14.8. The van der Waals surface area contributed by atoms with E-state index in [0.29, 0.717) is 5.92 Å². The maximum atomic E-state index is 6.05. The summed E-state index contributed by atoms with van der Waals surface area (Å²) in [6.07, 6.45) is 4.50. The Morgan fingerprint density at radius 3 is 2.84 bits per heavy atom. The first-order valence-corrected chi connectivity index (χ1v) is 9.27. The molecule has 1 atom stereocenters. The van der Waals surface area contributed by atoms with Crippen molar-refractivity contribution in [2.24, 2.45) is 5.73 Å². The molecule has 2 aliphatic rings. The molecule has 25 heavy (non-hydrogen) atoms. The molecule has 1 aliphatic carbocycles. The van der Waals surface area contributed by atoms with Gasteiger partial charge in [0.1, 0.15) is 0 Å². The molecule has 0 amide bonds. The van der Waals surface area contributed by atoms with Gasteiger partial charge < -0.3 is 15.6 Å². The van der Waals surface area contributed by atoms with Crippen molar-refractivity contribution in [2.75, 3.05) is 20.1 Å². The molecule has 0 saturated heterocycles. The molecule has 1 unspecified atom stereocenters. The highest BCUT2D eigenvalue weighted by atomic mass is 15.1. The van der Waals surface area contributed by atoms with Gasteiger partial charge in [-0.05, 0) is 65.7 Å². The van der Waals surface area contributed by atoms with E-state index in [2.05, 4.69) is 59.4 Å². The van der Waals surface area contributed by atoms with Crippen LogP contribution in [0.5, 0.6) is 0 Å². The highest BCUT2D eigenvalue weighted by Crippen LogP contribution is 2.48. The maximum absolute atomic E-state index is 6.05. The lowest BCUT2D eigenvalue weighted by atomic mass is 9.82. The minimum atomic E-state index is 0.268. The molecule has 3 heteroatoms. The van der Waals surface area contributed by atoms with Gasteiger partial charge in [-0.25, -0.2) is 0 Å². The van der Waals surface area contributed by atoms with E-state index in [1.165, 1.54) is 46.0 Å². The second-order valence-electron chi connectivity index (χ2n) is 7.97. The van der Waals surface area contributed by atoms with Gasteiger partial charge in [0.25, 0.3) is 0 Å². The number of nitrogens with two attached hydrogens (primary N) is 1. The number of H-pyrrole nitrogens is 1. The molecule has 1 fully saturated rings. The van der Waals surface area contributed by atoms with Crippen LogP contribution in [-0.4, -0.2) is 30.0 Å². The first-order chi connectivity index (χ1) is 12.2. The van der Waals surface area contributed by atoms with E-state index in [4.69, 9.17) is 5.73 Å². The average Bonchev–Trinajstić information content (AvgIpc) is 3.30. The van der Waals surface area contributed by atoms with Crippen LogP contribution in [0.1, 0.15) is 41.0 Å². The van der Waals surface area contributed by atoms with Gasteiger partial charge in [-0.1, -0.05) is 24.3 Å². The molecule has 5 rings (SSSR count). The third kappa shape index (κ3) is 2.42. The first-order valence-electron chi connectivity index (χ1n) is 9.27. The lowest BCUT2D eigenvalue weighted by Crippen LogP contribution is -2.31. The third-order valence-corrected chi connectivity index (χ3v) is 6.29. The van der Waals surface area contributed by atoms with Gasteiger partial charge >= 0.3 is 0 Å². The topological polar surface area (TPSA) is 45.0 Å². The van der Waals surface area contributed by atoms with Crippen LogP contribution < -0.4 is 5.73 Å². The second kappa shape index (κ2) is 5.45. The second-order valence-corrected chi connectivity index (χ2v) is 7.97. The Balaban J connectivity index is 1.58. The highest BCUT2D eigenvalue weighted by molar-refractivity contribution is 5.80. The molecular formula is C22H25N3. The Hall–Kier alpha value is -2.10. The number of aromatic nitrogens is 1. The molecule has 0 spiro atoms. The van der Waals surface area contributed by atoms with Gasteiger partial charge in [-0.2, -0.15) is 0 Å². The molecule has 1 aliphatic heterocycles. The first kappa shape index (κ1) is 15.2. The summed E-state index contributed by atoms with van der Waals surface area (Å²) in [6.45, 7) is 2.88. The maximum Gasteiger partial charge on any atom is 0.0454 e. The van der Waals surface area contributed by atoms with Crippen molar-refractivity contribution in [1.82, 2.24) is 9.88 Å². The lowest BCUT2D eigenvalue weighted by Gasteiger charge is -2.33. The summed E-state index contributed by atoms with van der Waals surface area (Å²) in [5.41, 5.74) is 13.4. The standard InChI is InChI=1S/C22H25N3/c1-25-12-17-11-18(22(14-23)7-8-22)3-4-19(17)20(13-25)15-2-5-21-16(10-15)6-9-24-21/h2-6,9-11,20,24H,7-8,12-14,23H2,1H3. The van der Waals surface area contributed by atoms with Gasteiger partial charge in [0.05, 0.1) is 0 Å². The van der Waals surface area contributed by atoms with Crippen LogP contribution in [0.4, 0.5) is 0 Å². The number of hydrogen-bond acceptors (Lipinski definition) is 2. The molecule has 3 nitrogen and oxygen atoms in total. The summed E-state index contributed by atoms with van der Waals surface area (Å²) in [4.78, 5) is 5.74. The van der Waals surface area contributed by atoms with E-state index in [1.807, 2.05) is 6.20 Å². The normalized spacial score (nSPS) is 22.1. The van der Waals surface area contributed by atoms with Crippen molar-refractivity contribution < 1.29 is 0 Å². The molecule has 128 valence electrons. The number of nitrogens with zero attached hydrogens (tertiary/aromatic N) is 1. The summed E-state index contributed by atoms with van der Waals surface area (Å²) in [5, 5.41) is 1.30. The van der Waals surface area contributed by atoms with E-state index in [1.54, 1.807) is 0 Å². The highest BCUT2D eigenvalue weighted by Gasteiger charge is 2.43. The molecule has 2 heterocycles. The minimum Gasteiger partial charge on any atom is -0.361 e. The van der Waals surface area contributed by atoms with Gasteiger partial charge in [0, 0.05) is 42.7 Å². The van der Waals surface area contributed by atoms with Crippen LogP contribution in [0.15, 0.2) is 48.7 Å². The Morgan fingerprint density at radius 2 is 2.04 bits per heavy atom. The Labute approximate surface area is 148 Å². The number of aromatic amines is 1. The zero-order valence-electron chi connectivity index (χ0n) is 14.8. The fraction of sp³-hybridized carbons (Fsp3) is 0.364. The number of hydrogen-bond donors (Lipinski definition) is 2. The molecular weight excluding hydrogens is 306 g/mol. The van der Waals surface area contributed by atoms with Crippen molar-refractivity contribution in [3.63, 3.8) is 0 Å². The lowest BCUT2D eigenvalue weighted by molar-refractivity contribution is 0.295. The summed E-state index contributed by atoms with van der Waals surface area (Å²) < 4.78 is 0. The molecule has 3 aromatic rings. The largest absolute Gasteiger partial charge is 0.361 e. The monoisotopic (exact) mass is 331 g/mol. The average molecular weight is 331 g/mol. The smallest absolute Gasteiger partial charge is 0.0454 e. The third-order valence-electron chi connectivity index (χ3n) is 6.29. The molecule has 1 aromatic heterocycles. The van der Waals surface area contributed by atoms with E-state index < -0.39 is 0 Å². The zero-order chi connectivity index (χ0) is 17.0. The quantitative estimate of drug-likeness (QED) is 0.768. The summed E-state index contributed by atoms with van der Waals surface area (Å²) in [7, 11) is 2.23. The number of rotatable bonds is 3. The van der Waals surface area contributed by atoms with Crippen molar-refractivity contribution in [2.45, 2.75) is 30.7 Å². The van der Waals surface area contributed by atoms with Crippen LogP contribution in [-0.2, 0) is 12.0 Å². The van der Waals surface area contributed by atoms with E-state index in [0.717, 1.165) is 19.6 Å². The SMILES string of the molecule is CN1Cc2cc(C3(CN)CC3)ccc2C(c2ccc3[nH]ccc3c2)C1. The number of benzene rings is 2. The molecule has 0 radical (unpaired) electrons. The predicted octanol–water partition coefficient (Wildman–Crippen LogP) is 3.74. The van der Waals surface area contributed by atoms with Gasteiger partial charge in [-0.3, -0.25) is 0 Å². The van der Waals surface area contributed by atoms with Gasteiger partial charge in [0.2, 0.25) is 0 Å². The number of nitrogens with one attached hydrogen (secondary N) is 1. The summed E-state index contributed by atoms with van der Waals surface area (Å²) >= 11 is 0. The molecule has 1 saturated carbocycles. The Morgan fingerprint density at radius 1 is 1.16 bits per heavy atom. The Bertz CT molecular complexity index is 935. The van der Waals surface area contributed by atoms with Gasteiger partial charge in [-0.15, -0.1) is 0 Å². The molecule has 3 N–H and O–H groups in total. The fourth-order valence-corrected chi connectivity index (χ4v) is 4.51. The van der Waals surface area contributed by atoms with Crippen LogP contribution in [0.25, 0.3) is 10.9 Å². The number of fused-ring (bicyclic) bond motifs is 2. The van der Waals surface area contributed by atoms with Gasteiger partial charge in [0.15, 0.2) is 0 Å². The molecule has 2 aromatic carbocycles. The van der Waals surface area contributed by atoms with Crippen LogP contribution >= 0.6 is 0 Å². The minimum absolute atomic E-state index is 0.268. The van der Waals surface area contributed by atoms with Crippen molar-refractivity contribution in [3.8, 4) is 0 Å². The van der Waals surface area contributed by atoms with Crippen molar-refractivity contribution in [3.05, 3.63) is 70.9 Å². The fourth-order valence-electron chi connectivity index (χ4n) is 4.51. The summed E-state index contributed by atoms with van der Waals surface area (Å²) in [6, 6.07) is 16.1. The van der Waals surface area contributed by atoms with Crippen LogP contribution in [0.2, 0.25) is 0 Å². The predicted molar refractivity (Wildman–Crippen MR) is 103 cm³/mol.